The second kappa shape index (κ2) is 10.1. The molecule has 0 radical (unpaired) electrons. The number of rotatable bonds is 6. The van der Waals surface area contributed by atoms with Gasteiger partial charge in [0.15, 0.2) is 0 Å². The van der Waals surface area contributed by atoms with Gasteiger partial charge < -0.3 is 25.6 Å². The molecule has 0 aliphatic heterocycles. The lowest BCUT2D eigenvalue weighted by atomic mass is 9.91. The molecule has 174 valence electrons. The van der Waals surface area contributed by atoms with Gasteiger partial charge in [-0.15, -0.1) is 0 Å². The Morgan fingerprint density at radius 2 is 1.79 bits per heavy atom. The Morgan fingerprint density at radius 3 is 2.48 bits per heavy atom. The molecule has 0 spiro atoms. The van der Waals surface area contributed by atoms with Crippen molar-refractivity contribution < 1.29 is 9.53 Å². The highest BCUT2D eigenvalue weighted by atomic mass is 35.5. The van der Waals surface area contributed by atoms with Crippen molar-refractivity contribution in [1.82, 2.24) is 15.3 Å². The molecule has 1 aromatic heterocycles. The van der Waals surface area contributed by atoms with E-state index in [0.717, 1.165) is 42.4 Å². The number of aromatic nitrogens is 2. The van der Waals surface area contributed by atoms with Gasteiger partial charge in [0.2, 0.25) is 5.95 Å². The number of urea groups is 1. The van der Waals surface area contributed by atoms with E-state index in [0.29, 0.717) is 22.4 Å². The average molecular weight is 469 g/mol. The predicted octanol–water partition coefficient (Wildman–Crippen LogP) is 4.90. The van der Waals surface area contributed by atoms with Crippen molar-refractivity contribution in [3.8, 4) is 5.75 Å². The minimum Gasteiger partial charge on any atom is -0.495 e. The third kappa shape index (κ3) is 5.57. The summed E-state index contributed by atoms with van der Waals surface area (Å²) in [4.78, 5) is 23.8. The standard InChI is InChI=1S/C24H29ClN6O2/c1-31(2)22-18-6-4-5-7-20(18)29-23(30-22)26-15-8-10-16(11-9-15)27-24(32)28-17-12-13-21(33-3)19(25)14-17/h4-7,12-16H,8-11H2,1-3H3,(H,26,29,30)(H2,27,28,32)/t15-,16+. The van der Waals surface area contributed by atoms with Crippen molar-refractivity contribution in [3.05, 3.63) is 47.5 Å². The molecular weight excluding hydrogens is 440 g/mol. The van der Waals surface area contributed by atoms with Gasteiger partial charge >= 0.3 is 6.03 Å². The highest BCUT2D eigenvalue weighted by Gasteiger charge is 2.23. The highest BCUT2D eigenvalue weighted by molar-refractivity contribution is 6.32. The first-order chi connectivity index (χ1) is 15.9. The van der Waals surface area contributed by atoms with Crippen LogP contribution in [0.3, 0.4) is 0 Å². The molecule has 2 amide bonds. The fraction of sp³-hybridized carbons (Fsp3) is 0.375. The van der Waals surface area contributed by atoms with Crippen LogP contribution in [0.4, 0.5) is 22.2 Å². The molecule has 2 aromatic carbocycles. The van der Waals surface area contributed by atoms with Crippen LogP contribution in [0.15, 0.2) is 42.5 Å². The summed E-state index contributed by atoms with van der Waals surface area (Å²) in [5.74, 6) is 2.11. The van der Waals surface area contributed by atoms with Crippen molar-refractivity contribution in [2.75, 3.05) is 36.7 Å². The van der Waals surface area contributed by atoms with Crippen molar-refractivity contribution >= 4 is 46.0 Å². The zero-order chi connectivity index (χ0) is 23.4. The Bertz CT molecular complexity index is 1130. The summed E-state index contributed by atoms with van der Waals surface area (Å²) in [5.41, 5.74) is 1.54. The van der Waals surface area contributed by atoms with E-state index in [1.807, 2.05) is 43.3 Å². The molecule has 3 N–H and O–H groups in total. The molecule has 4 rings (SSSR count). The summed E-state index contributed by atoms with van der Waals surface area (Å²) in [6.45, 7) is 0. The Kier molecular flexibility index (Phi) is 7.03. The Labute approximate surface area is 198 Å². The van der Waals surface area contributed by atoms with Crippen LogP contribution in [0.2, 0.25) is 5.02 Å². The van der Waals surface area contributed by atoms with Gasteiger partial charge in [-0.3, -0.25) is 0 Å². The monoisotopic (exact) mass is 468 g/mol. The van der Waals surface area contributed by atoms with E-state index < -0.39 is 0 Å². The second-order valence-corrected chi connectivity index (χ2v) is 8.83. The van der Waals surface area contributed by atoms with Crippen LogP contribution in [0.5, 0.6) is 5.75 Å². The third-order valence-electron chi connectivity index (χ3n) is 5.81. The molecule has 9 heteroatoms. The molecule has 33 heavy (non-hydrogen) atoms. The molecule has 0 atom stereocenters. The van der Waals surface area contributed by atoms with Gasteiger partial charge in [-0.1, -0.05) is 23.7 Å². The van der Waals surface area contributed by atoms with Crippen LogP contribution >= 0.6 is 11.6 Å². The number of carbonyl (C=O) groups excluding carboxylic acids is 1. The van der Waals surface area contributed by atoms with Crippen molar-refractivity contribution in [1.29, 1.82) is 0 Å². The van der Waals surface area contributed by atoms with E-state index >= 15 is 0 Å². The highest BCUT2D eigenvalue weighted by Crippen LogP contribution is 2.28. The van der Waals surface area contributed by atoms with Crippen LogP contribution in [0.25, 0.3) is 10.9 Å². The van der Waals surface area contributed by atoms with Crippen LogP contribution in [-0.2, 0) is 0 Å². The van der Waals surface area contributed by atoms with E-state index in [9.17, 15) is 4.79 Å². The normalized spacial score (nSPS) is 17.9. The first-order valence-electron chi connectivity index (χ1n) is 11.0. The van der Waals surface area contributed by atoms with Gasteiger partial charge in [0, 0.05) is 37.3 Å². The molecule has 0 bridgehead atoms. The summed E-state index contributed by atoms with van der Waals surface area (Å²) in [5, 5.41) is 10.9. The smallest absolute Gasteiger partial charge is 0.319 e. The molecule has 1 aliphatic carbocycles. The molecule has 8 nitrogen and oxygen atoms in total. The number of hydrogen-bond donors (Lipinski definition) is 3. The van der Waals surface area contributed by atoms with Crippen molar-refractivity contribution in [3.63, 3.8) is 0 Å². The van der Waals surface area contributed by atoms with Crippen LogP contribution < -0.4 is 25.6 Å². The fourth-order valence-electron chi connectivity index (χ4n) is 4.13. The number of methoxy groups -OCH3 is 1. The number of anilines is 3. The lowest BCUT2D eigenvalue weighted by molar-refractivity contribution is 0.243. The first-order valence-corrected chi connectivity index (χ1v) is 11.4. The average Bonchev–Trinajstić information content (AvgIpc) is 2.80. The number of amides is 2. The summed E-state index contributed by atoms with van der Waals surface area (Å²) in [7, 11) is 5.53. The number of para-hydroxylation sites is 1. The minimum atomic E-state index is -0.235. The van der Waals surface area contributed by atoms with E-state index in [-0.39, 0.29) is 18.1 Å². The number of ether oxygens (including phenoxy) is 1. The number of nitrogens with zero attached hydrogens (tertiary/aromatic N) is 3. The first kappa shape index (κ1) is 22.9. The fourth-order valence-corrected chi connectivity index (χ4v) is 4.38. The summed E-state index contributed by atoms with van der Waals surface area (Å²) >= 11 is 6.13. The Hall–Kier alpha value is -3.26. The van der Waals surface area contributed by atoms with Gasteiger partial charge in [0.25, 0.3) is 0 Å². The molecule has 0 unspecified atom stereocenters. The number of halogens is 1. The maximum Gasteiger partial charge on any atom is 0.319 e. The molecule has 1 aliphatic rings. The molecule has 3 aromatic rings. The number of benzene rings is 2. The van der Waals surface area contributed by atoms with Gasteiger partial charge in [0.05, 0.1) is 17.6 Å². The molecule has 1 heterocycles. The number of nitrogens with one attached hydrogen (secondary N) is 3. The summed E-state index contributed by atoms with van der Waals surface area (Å²) < 4.78 is 5.14. The van der Waals surface area contributed by atoms with Crippen molar-refractivity contribution in [2.45, 2.75) is 37.8 Å². The van der Waals surface area contributed by atoms with Crippen LogP contribution in [-0.4, -0.2) is 49.3 Å². The lowest BCUT2D eigenvalue weighted by Gasteiger charge is -2.30. The predicted molar refractivity (Wildman–Crippen MR) is 134 cm³/mol. The largest absolute Gasteiger partial charge is 0.495 e. The molecule has 0 saturated heterocycles. The summed E-state index contributed by atoms with van der Waals surface area (Å²) in [6.07, 6.45) is 3.60. The van der Waals surface area contributed by atoms with E-state index in [4.69, 9.17) is 26.3 Å². The topological polar surface area (TPSA) is 91.4 Å². The zero-order valence-electron chi connectivity index (χ0n) is 19.1. The third-order valence-corrected chi connectivity index (χ3v) is 6.11. The van der Waals surface area contributed by atoms with Gasteiger partial charge in [-0.25, -0.2) is 9.78 Å². The van der Waals surface area contributed by atoms with Gasteiger partial charge in [0.1, 0.15) is 11.6 Å². The number of fused-ring (bicyclic) bond motifs is 1. The zero-order valence-corrected chi connectivity index (χ0v) is 19.8. The van der Waals surface area contributed by atoms with Crippen LogP contribution in [0, 0.1) is 0 Å². The maximum absolute atomic E-state index is 12.4. The molecule has 1 fully saturated rings. The van der Waals surface area contributed by atoms with E-state index in [1.54, 1.807) is 25.3 Å². The van der Waals surface area contributed by atoms with Gasteiger partial charge in [-0.05, 0) is 56.0 Å². The second-order valence-electron chi connectivity index (χ2n) is 8.42. The minimum absolute atomic E-state index is 0.117. The summed E-state index contributed by atoms with van der Waals surface area (Å²) in [6, 6.07) is 13.3. The van der Waals surface area contributed by atoms with Crippen molar-refractivity contribution in [2.24, 2.45) is 0 Å². The van der Waals surface area contributed by atoms with Crippen LogP contribution in [0.1, 0.15) is 25.7 Å². The lowest BCUT2D eigenvalue weighted by Crippen LogP contribution is -2.42. The number of hydrogen-bond acceptors (Lipinski definition) is 6. The molecular formula is C24H29ClN6O2. The number of carbonyl (C=O) groups is 1. The maximum atomic E-state index is 12.4. The van der Waals surface area contributed by atoms with E-state index in [1.165, 1.54) is 0 Å². The Morgan fingerprint density at radius 1 is 1.06 bits per heavy atom. The molecule has 1 saturated carbocycles. The SMILES string of the molecule is COc1ccc(NC(=O)N[C@H]2CC[C@@H](Nc3nc(N(C)C)c4ccccc4n3)CC2)cc1Cl. The quantitative estimate of drug-likeness (QED) is 0.476. The van der Waals surface area contributed by atoms with Gasteiger partial charge in [-0.2, -0.15) is 4.98 Å². The Balaban J connectivity index is 1.31. The van der Waals surface area contributed by atoms with E-state index in [2.05, 4.69) is 16.0 Å².